The molecular weight excluding hydrogens is 585 g/mol. The highest BCUT2D eigenvalue weighted by atomic mass is 35.5. The number of carbonyl (C=O) groups is 1. The number of amides is 1. The molecule has 0 aromatic carbocycles. The number of fused-ring (bicyclic) bond motifs is 1. The van der Waals surface area contributed by atoms with Crippen molar-refractivity contribution in [2.24, 2.45) is 0 Å². The fraction of sp³-hybridized carbons (Fsp3) is 0.407. The monoisotopic (exact) mass is 617 g/mol. The number of hydrogen-bond donors (Lipinski definition) is 1. The number of nitrogens with one attached hydrogen (secondary N) is 1. The maximum Gasteiger partial charge on any atom is 0.269 e. The van der Waals surface area contributed by atoms with Gasteiger partial charge in [-0.25, -0.2) is 19.9 Å². The van der Waals surface area contributed by atoms with Crippen LogP contribution in [0.15, 0.2) is 49.2 Å². The normalized spacial score (nSPS) is 13.7. The van der Waals surface area contributed by atoms with Crippen LogP contribution in [-0.4, -0.2) is 69.4 Å². The molecule has 4 heterocycles. The first kappa shape index (κ1) is 30.8. The summed E-state index contributed by atoms with van der Waals surface area (Å²) in [7, 11) is -1.97. The Hall–Kier alpha value is -3.16. The van der Waals surface area contributed by atoms with E-state index in [0.29, 0.717) is 39.3 Å². The zero-order valence-corrected chi connectivity index (χ0v) is 26.3. The van der Waals surface area contributed by atoms with Gasteiger partial charge in [0.25, 0.3) is 5.91 Å². The highest BCUT2D eigenvalue weighted by Crippen LogP contribution is 2.36. The van der Waals surface area contributed by atoms with Gasteiger partial charge < -0.3 is 19.2 Å². The van der Waals surface area contributed by atoms with Crippen molar-refractivity contribution < 1.29 is 18.7 Å². The molecule has 4 aromatic heterocycles. The van der Waals surface area contributed by atoms with Gasteiger partial charge in [-0.1, -0.05) is 44.0 Å². The average Bonchev–Trinajstić information content (AvgIpc) is 3.35. The number of aromatic nitrogens is 6. The molecule has 4 aromatic rings. The lowest BCUT2D eigenvalue weighted by molar-refractivity contribution is -0.127. The summed E-state index contributed by atoms with van der Waals surface area (Å²) in [6.07, 6.45) is 4.50. The molecule has 1 N–H and O–H groups in total. The van der Waals surface area contributed by atoms with Crippen molar-refractivity contribution in [3.8, 4) is 11.7 Å². The third-order valence-corrected chi connectivity index (χ3v) is 11.8. The Balaban J connectivity index is 1.55. The van der Waals surface area contributed by atoms with Crippen molar-refractivity contribution in [2.75, 3.05) is 18.5 Å². The molecule has 0 radical (unpaired) electrons. The molecule has 0 aliphatic carbocycles. The Morgan fingerprint density at radius 1 is 1.07 bits per heavy atom. The number of rotatable bonds is 11. The summed E-state index contributed by atoms with van der Waals surface area (Å²) in [5.74, 6) is 0.374. The molecule has 0 spiro atoms. The first-order chi connectivity index (χ1) is 19.4. The predicted octanol–water partition coefficient (Wildman–Crippen LogP) is 5.73. The van der Waals surface area contributed by atoms with Crippen molar-refractivity contribution in [3.63, 3.8) is 0 Å². The van der Waals surface area contributed by atoms with Gasteiger partial charge in [0.2, 0.25) is 12.0 Å². The van der Waals surface area contributed by atoms with E-state index < -0.39 is 20.3 Å². The van der Waals surface area contributed by atoms with Crippen LogP contribution < -0.4 is 10.1 Å². The molecule has 0 saturated carbocycles. The summed E-state index contributed by atoms with van der Waals surface area (Å²) in [6, 6.07) is 6.64. The molecule has 14 heteroatoms. The summed E-state index contributed by atoms with van der Waals surface area (Å²) in [5.41, 5.74) is 0.409. The van der Waals surface area contributed by atoms with Crippen LogP contribution in [0.1, 0.15) is 27.7 Å². The second-order valence-electron chi connectivity index (χ2n) is 11.0. The van der Waals surface area contributed by atoms with Gasteiger partial charge >= 0.3 is 0 Å². The van der Waals surface area contributed by atoms with Gasteiger partial charge in [-0.05, 0) is 49.3 Å². The highest BCUT2D eigenvalue weighted by molar-refractivity contribution is 6.74. The highest BCUT2D eigenvalue weighted by Gasteiger charge is 2.37. The second kappa shape index (κ2) is 12.8. The SMILES string of the molecule is CC(CO[Si](C)(C)C(C)(C)C)OCC(Oc1ncnc2c1cnn2-c1ncccc1Cl)C(=O)Nc1ccc(Cl)cn1. The fourth-order valence-electron chi connectivity index (χ4n) is 3.40. The number of nitrogens with zero attached hydrogens (tertiary/aromatic N) is 6. The third kappa shape index (κ3) is 7.57. The largest absolute Gasteiger partial charge is 0.461 e. The van der Waals surface area contributed by atoms with Crippen molar-refractivity contribution in [3.05, 3.63) is 59.2 Å². The van der Waals surface area contributed by atoms with Crippen LogP contribution >= 0.6 is 23.2 Å². The van der Waals surface area contributed by atoms with Crippen LogP contribution in [0.25, 0.3) is 16.9 Å². The molecule has 2 unspecified atom stereocenters. The van der Waals surface area contributed by atoms with E-state index in [-0.39, 0.29) is 23.6 Å². The molecule has 0 fully saturated rings. The Bertz CT molecular complexity index is 1500. The van der Waals surface area contributed by atoms with Gasteiger partial charge in [0.15, 0.2) is 19.8 Å². The van der Waals surface area contributed by atoms with Crippen LogP contribution in [0, 0.1) is 0 Å². The molecule has 1 amide bonds. The Labute approximate surface area is 249 Å². The van der Waals surface area contributed by atoms with E-state index in [2.05, 4.69) is 64.2 Å². The minimum absolute atomic E-state index is 0.0617. The average molecular weight is 619 g/mol. The minimum atomic E-state index is -1.97. The first-order valence-electron chi connectivity index (χ1n) is 13.0. The molecule has 11 nitrogen and oxygen atoms in total. The zero-order chi connectivity index (χ0) is 29.8. The predicted molar refractivity (Wildman–Crippen MR) is 160 cm³/mol. The molecule has 0 aliphatic heterocycles. The van der Waals surface area contributed by atoms with Crippen molar-refractivity contribution in [1.82, 2.24) is 29.7 Å². The third-order valence-electron chi connectivity index (χ3n) is 6.81. The minimum Gasteiger partial charge on any atom is -0.461 e. The van der Waals surface area contributed by atoms with Crippen LogP contribution in [0.5, 0.6) is 5.88 Å². The molecule has 0 bridgehead atoms. The molecule has 41 heavy (non-hydrogen) atoms. The fourth-order valence-corrected chi connectivity index (χ4v) is 4.80. The maximum atomic E-state index is 13.4. The van der Waals surface area contributed by atoms with Gasteiger partial charge in [0.05, 0.1) is 35.6 Å². The molecule has 2 atom stereocenters. The first-order valence-corrected chi connectivity index (χ1v) is 16.7. The Kier molecular flexibility index (Phi) is 9.60. The van der Waals surface area contributed by atoms with E-state index in [0.717, 1.165) is 0 Å². The van der Waals surface area contributed by atoms with Crippen LogP contribution in [0.2, 0.25) is 28.2 Å². The quantitative estimate of drug-likeness (QED) is 0.210. The van der Waals surface area contributed by atoms with E-state index in [1.165, 1.54) is 23.4 Å². The smallest absolute Gasteiger partial charge is 0.269 e. The number of anilines is 1. The van der Waals surface area contributed by atoms with Crippen LogP contribution in [0.3, 0.4) is 0 Å². The summed E-state index contributed by atoms with van der Waals surface area (Å²) in [5, 5.41) is 8.49. The van der Waals surface area contributed by atoms with Crippen LogP contribution in [0.4, 0.5) is 5.82 Å². The standard InChI is InChI=1S/C27H33Cl2N7O4Si/c1-17(14-39-41(5,6)27(2,3)4)38-15-21(25(37)35-22-10-9-18(28)12-31-22)40-26-19-13-34-36(23(19)32-16-33-26)24-20(29)8-7-11-30-24/h7-13,16-17,21H,14-15H2,1-6H3,(H,31,35,37). The van der Waals surface area contributed by atoms with Gasteiger partial charge in [0.1, 0.15) is 17.5 Å². The number of hydrogen-bond acceptors (Lipinski definition) is 9. The molecule has 0 saturated heterocycles. The summed E-state index contributed by atoms with van der Waals surface area (Å²) >= 11 is 12.3. The summed E-state index contributed by atoms with van der Waals surface area (Å²) < 4.78 is 19.9. The summed E-state index contributed by atoms with van der Waals surface area (Å²) in [4.78, 5) is 30.4. The topological polar surface area (TPSA) is 126 Å². The summed E-state index contributed by atoms with van der Waals surface area (Å²) in [6.45, 7) is 13.1. The molecular formula is C27H33Cl2N7O4Si. The number of carbonyl (C=O) groups excluding carboxylic acids is 1. The van der Waals surface area contributed by atoms with Crippen molar-refractivity contribution >= 4 is 54.3 Å². The van der Waals surface area contributed by atoms with Gasteiger partial charge in [-0.2, -0.15) is 9.78 Å². The molecule has 218 valence electrons. The maximum absolute atomic E-state index is 13.4. The van der Waals surface area contributed by atoms with Crippen molar-refractivity contribution in [1.29, 1.82) is 0 Å². The zero-order valence-electron chi connectivity index (χ0n) is 23.8. The Morgan fingerprint density at radius 3 is 2.54 bits per heavy atom. The van der Waals surface area contributed by atoms with E-state index in [9.17, 15) is 4.79 Å². The van der Waals surface area contributed by atoms with E-state index in [4.69, 9.17) is 37.1 Å². The lowest BCUT2D eigenvalue weighted by atomic mass is 10.2. The van der Waals surface area contributed by atoms with Gasteiger partial charge in [0, 0.05) is 12.4 Å². The number of halogens is 2. The van der Waals surface area contributed by atoms with Gasteiger partial charge in [-0.3, -0.25) is 4.79 Å². The Morgan fingerprint density at radius 2 is 1.85 bits per heavy atom. The molecule has 4 rings (SSSR count). The number of pyridine rings is 2. The lowest BCUT2D eigenvalue weighted by Gasteiger charge is -2.37. The van der Waals surface area contributed by atoms with E-state index >= 15 is 0 Å². The van der Waals surface area contributed by atoms with Gasteiger partial charge in [-0.15, -0.1) is 0 Å². The lowest BCUT2D eigenvalue weighted by Crippen LogP contribution is -2.43. The van der Waals surface area contributed by atoms with Crippen molar-refractivity contribution in [2.45, 2.75) is 58.0 Å². The second-order valence-corrected chi connectivity index (χ2v) is 16.6. The van der Waals surface area contributed by atoms with Crippen LogP contribution in [-0.2, 0) is 14.0 Å². The van der Waals surface area contributed by atoms with E-state index in [1.54, 1.807) is 30.5 Å². The molecule has 0 aliphatic rings. The van der Waals surface area contributed by atoms with E-state index in [1.807, 2.05) is 6.92 Å². The number of ether oxygens (including phenoxy) is 2.